The minimum atomic E-state index is 0.631. The average Bonchev–Trinajstić information content (AvgIpc) is 3.78. The number of furan rings is 1. The molecule has 0 amide bonds. The molecule has 0 saturated carbocycles. The Labute approximate surface area is 321 Å². The second-order valence-electron chi connectivity index (χ2n) is 14.3. The van der Waals surface area contributed by atoms with Gasteiger partial charge in [-0.05, 0) is 47.0 Å². The van der Waals surface area contributed by atoms with Gasteiger partial charge in [-0.15, -0.1) is 0 Å². The molecule has 5 heteroatoms. The lowest BCUT2D eigenvalue weighted by molar-refractivity contribution is 0.669. The zero-order chi connectivity index (χ0) is 36.7. The van der Waals surface area contributed by atoms with Crippen molar-refractivity contribution < 1.29 is 4.42 Å². The highest BCUT2D eigenvalue weighted by atomic mass is 16.3. The number of fused-ring (bicyclic) bond motifs is 11. The van der Waals surface area contributed by atoms with Crippen molar-refractivity contribution in [3.63, 3.8) is 0 Å². The number of nitrogens with zero attached hydrogens (tertiary/aromatic N) is 4. The first-order valence-electron chi connectivity index (χ1n) is 18.9. The van der Waals surface area contributed by atoms with Crippen LogP contribution in [0, 0.1) is 0 Å². The maximum atomic E-state index is 6.41. The smallest absolute Gasteiger partial charge is 0.164 e. The normalized spacial score (nSPS) is 11.9. The number of benzene rings is 8. The van der Waals surface area contributed by atoms with Gasteiger partial charge in [0.15, 0.2) is 17.5 Å². The fourth-order valence-corrected chi connectivity index (χ4v) is 8.77. The molecular weight excluding hydrogens is 685 g/mol. The Hall–Kier alpha value is -7.63. The third kappa shape index (κ3) is 4.52. The molecule has 12 rings (SSSR count). The maximum absolute atomic E-state index is 6.41. The van der Waals surface area contributed by atoms with Crippen molar-refractivity contribution in [2.75, 3.05) is 0 Å². The van der Waals surface area contributed by atoms with Crippen molar-refractivity contribution in [1.29, 1.82) is 0 Å². The van der Waals surface area contributed by atoms with Gasteiger partial charge in [0, 0.05) is 54.9 Å². The Balaban J connectivity index is 1.20. The van der Waals surface area contributed by atoms with Gasteiger partial charge in [-0.2, -0.15) is 0 Å². The Morgan fingerprint density at radius 2 is 0.875 bits per heavy atom. The fourth-order valence-electron chi connectivity index (χ4n) is 8.77. The molecule has 0 fully saturated rings. The van der Waals surface area contributed by atoms with Crippen molar-refractivity contribution in [3.05, 3.63) is 182 Å². The van der Waals surface area contributed by atoms with Crippen LogP contribution in [0.3, 0.4) is 0 Å². The molecular formula is C51H30N4O. The second-order valence-corrected chi connectivity index (χ2v) is 14.3. The summed E-state index contributed by atoms with van der Waals surface area (Å²) in [6.07, 6.45) is 0. The van der Waals surface area contributed by atoms with Crippen molar-refractivity contribution >= 4 is 43.7 Å². The molecule has 11 aromatic rings. The average molecular weight is 715 g/mol. The van der Waals surface area contributed by atoms with Gasteiger partial charge in [0.2, 0.25) is 0 Å². The molecule has 0 spiro atoms. The second kappa shape index (κ2) is 11.9. The Morgan fingerprint density at radius 1 is 0.357 bits per heavy atom. The summed E-state index contributed by atoms with van der Waals surface area (Å²) in [6, 6.07) is 63.9. The summed E-state index contributed by atoms with van der Waals surface area (Å²) >= 11 is 0. The van der Waals surface area contributed by atoms with E-state index in [1.54, 1.807) is 0 Å². The third-order valence-electron chi connectivity index (χ3n) is 11.2. The van der Waals surface area contributed by atoms with Gasteiger partial charge < -0.3 is 8.98 Å². The molecule has 0 atom stereocenters. The SMILES string of the molecule is c1ccc(-c2nc(-c3ccccc3)nc(-c3cc4c5c(c3)c3ccccc3n5-c3c(cccc3-c3cccc5oc6ccccc6c35)-c3ccccc3-4)n2)cc1. The van der Waals surface area contributed by atoms with Crippen LogP contribution in [0.25, 0.3) is 117 Å². The Morgan fingerprint density at radius 3 is 1.61 bits per heavy atom. The molecule has 3 aromatic heterocycles. The van der Waals surface area contributed by atoms with Gasteiger partial charge in [-0.25, -0.2) is 15.0 Å². The van der Waals surface area contributed by atoms with Crippen LogP contribution in [0.4, 0.5) is 0 Å². The quantitative estimate of drug-likeness (QED) is 0.182. The van der Waals surface area contributed by atoms with Crippen molar-refractivity contribution in [3.8, 4) is 73.2 Å². The van der Waals surface area contributed by atoms with Crippen molar-refractivity contribution in [1.82, 2.24) is 19.5 Å². The summed E-state index contributed by atoms with van der Waals surface area (Å²) < 4.78 is 8.91. The summed E-state index contributed by atoms with van der Waals surface area (Å²) in [6.45, 7) is 0. The molecule has 4 heterocycles. The van der Waals surface area contributed by atoms with E-state index in [0.29, 0.717) is 17.5 Å². The van der Waals surface area contributed by atoms with Crippen LogP contribution in [0.2, 0.25) is 0 Å². The highest BCUT2D eigenvalue weighted by molar-refractivity contribution is 6.20. The van der Waals surface area contributed by atoms with Gasteiger partial charge >= 0.3 is 0 Å². The molecule has 0 saturated heterocycles. The van der Waals surface area contributed by atoms with E-state index >= 15 is 0 Å². The predicted octanol–water partition coefficient (Wildman–Crippen LogP) is 13.2. The first kappa shape index (κ1) is 30.8. The third-order valence-corrected chi connectivity index (χ3v) is 11.2. The van der Waals surface area contributed by atoms with Crippen LogP contribution in [0.1, 0.15) is 0 Å². The molecule has 0 bridgehead atoms. The number of para-hydroxylation sites is 3. The molecule has 8 aromatic carbocycles. The Bertz CT molecular complexity index is 3300. The molecule has 0 radical (unpaired) electrons. The summed E-state index contributed by atoms with van der Waals surface area (Å²) in [5.74, 6) is 1.91. The first-order chi connectivity index (χ1) is 27.8. The summed E-state index contributed by atoms with van der Waals surface area (Å²) in [7, 11) is 0. The molecule has 1 aliphatic heterocycles. The number of hydrogen-bond donors (Lipinski definition) is 0. The lowest BCUT2D eigenvalue weighted by Crippen LogP contribution is -2.01. The van der Waals surface area contributed by atoms with E-state index < -0.39 is 0 Å². The molecule has 260 valence electrons. The van der Waals surface area contributed by atoms with Crippen LogP contribution >= 0.6 is 0 Å². The monoisotopic (exact) mass is 714 g/mol. The van der Waals surface area contributed by atoms with Crippen LogP contribution < -0.4 is 0 Å². The van der Waals surface area contributed by atoms with E-state index in [0.717, 1.165) is 83.0 Å². The van der Waals surface area contributed by atoms with Crippen LogP contribution in [0.15, 0.2) is 186 Å². The lowest BCUT2D eigenvalue weighted by atomic mass is 9.90. The van der Waals surface area contributed by atoms with Crippen LogP contribution in [-0.2, 0) is 0 Å². The summed E-state index contributed by atoms with van der Waals surface area (Å²) in [4.78, 5) is 15.3. The largest absolute Gasteiger partial charge is 0.456 e. The van der Waals surface area contributed by atoms with Gasteiger partial charge in [-0.3, -0.25) is 0 Å². The van der Waals surface area contributed by atoms with Gasteiger partial charge in [0.05, 0.1) is 16.7 Å². The maximum Gasteiger partial charge on any atom is 0.164 e. The van der Waals surface area contributed by atoms with Gasteiger partial charge in [0.25, 0.3) is 0 Å². The number of rotatable bonds is 4. The molecule has 1 aliphatic rings. The lowest BCUT2D eigenvalue weighted by Gasteiger charge is -2.18. The summed E-state index contributed by atoms with van der Waals surface area (Å²) in [5.41, 5.74) is 14.9. The molecule has 0 N–H and O–H groups in total. The van der Waals surface area contributed by atoms with E-state index in [1.807, 2.05) is 42.5 Å². The predicted molar refractivity (Wildman–Crippen MR) is 228 cm³/mol. The van der Waals surface area contributed by atoms with Gasteiger partial charge in [-0.1, -0.05) is 152 Å². The van der Waals surface area contributed by atoms with E-state index in [1.165, 1.54) is 16.5 Å². The van der Waals surface area contributed by atoms with Crippen molar-refractivity contribution in [2.45, 2.75) is 0 Å². The minimum Gasteiger partial charge on any atom is -0.456 e. The summed E-state index contributed by atoms with van der Waals surface area (Å²) in [5, 5.41) is 4.54. The molecule has 56 heavy (non-hydrogen) atoms. The standard InChI is InChI=1S/C51H30N4O/c1-3-15-31(16-4-1)49-52-50(32-17-5-2-6-18-32)54-51(53-49)33-29-41-35-20-8-7-19-34(35)38-24-13-25-39(37-23-14-28-45-46(37)40-22-10-12-27-44(40)56-45)47(38)55-43-26-11-9-21-36(43)42(30-33)48(41)55/h1-30H. The topological polar surface area (TPSA) is 56.7 Å². The Kier molecular flexibility index (Phi) is 6.56. The van der Waals surface area contributed by atoms with E-state index in [9.17, 15) is 0 Å². The molecule has 5 nitrogen and oxygen atoms in total. The first-order valence-corrected chi connectivity index (χ1v) is 18.9. The van der Waals surface area contributed by atoms with E-state index in [4.69, 9.17) is 19.4 Å². The zero-order valence-corrected chi connectivity index (χ0v) is 30.0. The van der Waals surface area contributed by atoms with E-state index in [-0.39, 0.29) is 0 Å². The molecule has 0 aliphatic carbocycles. The van der Waals surface area contributed by atoms with Crippen molar-refractivity contribution in [2.24, 2.45) is 0 Å². The van der Waals surface area contributed by atoms with Crippen LogP contribution in [0.5, 0.6) is 0 Å². The van der Waals surface area contributed by atoms with Gasteiger partial charge in [0.1, 0.15) is 11.2 Å². The minimum absolute atomic E-state index is 0.631. The zero-order valence-electron chi connectivity index (χ0n) is 30.0. The number of aromatic nitrogens is 4. The highest BCUT2D eigenvalue weighted by Gasteiger charge is 2.28. The van der Waals surface area contributed by atoms with Crippen LogP contribution in [-0.4, -0.2) is 19.5 Å². The molecule has 0 unspecified atom stereocenters. The fraction of sp³-hybridized carbons (Fsp3) is 0. The van der Waals surface area contributed by atoms with E-state index in [2.05, 4.69) is 144 Å². The number of hydrogen-bond acceptors (Lipinski definition) is 4. The highest BCUT2D eigenvalue weighted by Crippen LogP contribution is 2.51.